The Hall–Kier alpha value is -3.65. The van der Waals surface area contributed by atoms with Crippen molar-refractivity contribution in [3.8, 4) is 17.1 Å². The van der Waals surface area contributed by atoms with Crippen LogP contribution in [0.4, 0.5) is 11.7 Å². The molecule has 0 saturated carbocycles. The van der Waals surface area contributed by atoms with Gasteiger partial charge >= 0.3 is 11.7 Å². The molecule has 0 atom stereocenters. The Labute approximate surface area is 161 Å². The van der Waals surface area contributed by atoms with E-state index in [1.807, 2.05) is 36.1 Å². The van der Waals surface area contributed by atoms with Crippen molar-refractivity contribution < 1.29 is 9.15 Å². The largest absolute Gasteiger partial charge is 0.423 e. The van der Waals surface area contributed by atoms with Crippen molar-refractivity contribution in [3.05, 3.63) is 77.2 Å². The number of nitrogens with one attached hydrogen (secondary N) is 1. The molecule has 8 nitrogen and oxygen atoms in total. The number of aromatic nitrogens is 4. The number of hydrogen-bond acceptors (Lipinski definition) is 6. The van der Waals surface area contributed by atoms with Crippen LogP contribution in [0.25, 0.3) is 17.1 Å². The monoisotopic (exact) mass is 377 g/mol. The van der Waals surface area contributed by atoms with E-state index in [4.69, 9.17) is 9.15 Å². The lowest BCUT2D eigenvalue weighted by molar-refractivity contribution is 0.202. The summed E-state index contributed by atoms with van der Waals surface area (Å²) < 4.78 is 12.8. The quantitative estimate of drug-likeness (QED) is 0.519. The van der Waals surface area contributed by atoms with Gasteiger partial charge in [-0.2, -0.15) is 0 Å². The van der Waals surface area contributed by atoms with Crippen molar-refractivity contribution >= 4 is 11.7 Å². The van der Waals surface area contributed by atoms with E-state index in [9.17, 15) is 4.79 Å². The van der Waals surface area contributed by atoms with Gasteiger partial charge in [-0.15, -0.1) is 0 Å². The highest BCUT2D eigenvalue weighted by atomic mass is 16.5. The highest BCUT2D eigenvalue weighted by molar-refractivity contribution is 5.64. The normalized spacial score (nSPS) is 10.9. The molecular formula is C20H19N5O3. The predicted octanol–water partition coefficient (Wildman–Crippen LogP) is 3.27. The van der Waals surface area contributed by atoms with Crippen LogP contribution in [0, 0.1) is 6.92 Å². The Kier molecular flexibility index (Phi) is 4.77. The molecule has 3 aromatic heterocycles. The average molecular weight is 377 g/mol. The molecule has 142 valence electrons. The number of ether oxygens (including phenoxy) is 1. The van der Waals surface area contributed by atoms with Gasteiger partial charge in [-0.05, 0) is 30.7 Å². The van der Waals surface area contributed by atoms with E-state index in [0.29, 0.717) is 24.3 Å². The van der Waals surface area contributed by atoms with E-state index in [0.717, 1.165) is 16.8 Å². The summed E-state index contributed by atoms with van der Waals surface area (Å²) >= 11 is 0. The minimum Gasteiger partial charge on any atom is -0.423 e. The zero-order valence-electron chi connectivity index (χ0n) is 15.5. The number of oxazole rings is 1. The number of aryl methyl sites for hydroxylation is 1. The Bertz CT molecular complexity index is 1140. The SMILES string of the molecule is COCN(c1ncc(-c2ccnc(-n3cc[nH]c3=O)c2)o1)c1ccccc1C. The van der Waals surface area contributed by atoms with E-state index in [1.54, 1.807) is 44.0 Å². The third-order valence-corrected chi connectivity index (χ3v) is 4.31. The van der Waals surface area contributed by atoms with Crippen LogP contribution in [0.1, 0.15) is 5.56 Å². The molecule has 0 saturated heterocycles. The van der Waals surface area contributed by atoms with Crippen LogP contribution in [-0.2, 0) is 4.74 Å². The first-order valence-electron chi connectivity index (χ1n) is 8.68. The lowest BCUT2D eigenvalue weighted by atomic mass is 10.2. The van der Waals surface area contributed by atoms with Crippen molar-refractivity contribution in [2.45, 2.75) is 6.92 Å². The van der Waals surface area contributed by atoms with E-state index < -0.39 is 0 Å². The average Bonchev–Trinajstić information content (AvgIpc) is 3.36. The highest BCUT2D eigenvalue weighted by Gasteiger charge is 2.18. The van der Waals surface area contributed by atoms with Crippen molar-refractivity contribution in [3.63, 3.8) is 0 Å². The maximum absolute atomic E-state index is 11.8. The molecule has 3 heterocycles. The van der Waals surface area contributed by atoms with E-state index in [-0.39, 0.29) is 5.69 Å². The molecule has 4 rings (SSSR count). The third-order valence-electron chi connectivity index (χ3n) is 4.31. The first-order chi connectivity index (χ1) is 13.7. The Morgan fingerprint density at radius 3 is 2.86 bits per heavy atom. The molecule has 0 aliphatic heterocycles. The molecule has 1 N–H and O–H groups in total. The fraction of sp³-hybridized carbons (Fsp3) is 0.150. The molecule has 1 aromatic carbocycles. The van der Waals surface area contributed by atoms with Crippen LogP contribution in [-0.4, -0.2) is 33.4 Å². The summed E-state index contributed by atoms with van der Waals surface area (Å²) in [5.74, 6) is 1.06. The summed E-state index contributed by atoms with van der Waals surface area (Å²) in [6.45, 7) is 2.32. The second-order valence-corrected chi connectivity index (χ2v) is 6.18. The third kappa shape index (κ3) is 3.33. The van der Waals surface area contributed by atoms with Crippen molar-refractivity contribution in [2.24, 2.45) is 0 Å². The number of anilines is 2. The van der Waals surface area contributed by atoms with E-state index in [2.05, 4.69) is 15.0 Å². The summed E-state index contributed by atoms with van der Waals surface area (Å²) in [6.07, 6.45) is 6.46. The van der Waals surface area contributed by atoms with Crippen LogP contribution in [0.5, 0.6) is 0 Å². The van der Waals surface area contributed by atoms with Gasteiger partial charge in [0.1, 0.15) is 12.5 Å². The number of methoxy groups -OCH3 is 1. The van der Waals surface area contributed by atoms with Crippen LogP contribution >= 0.6 is 0 Å². The van der Waals surface area contributed by atoms with Crippen LogP contribution < -0.4 is 10.6 Å². The zero-order valence-corrected chi connectivity index (χ0v) is 15.5. The van der Waals surface area contributed by atoms with Gasteiger partial charge in [0.25, 0.3) is 0 Å². The lowest BCUT2D eigenvalue weighted by Crippen LogP contribution is -2.20. The smallest absolute Gasteiger partial charge is 0.331 e. The number of aromatic amines is 1. The summed E-state index contributed by atoms with van der Waals surface area (Å²) in [4.78, 5) is 25.0. The summed E-state index contributed by atoms with van der Waals surface area (Å²) in [6, 6.07) is 11.9. The molecule has 0 aliphatic carbocycles. The van der Waals surface area contributed by atoms with Crippen molar-refractivity contribution in [1.29, 1.82) is 0 Å². The number of nitrogens with zero attached hydrogens (tertiary/aromatic N) is 4. The number of para-hydroxylation sites is 1. The number of imidazole rings is 1. The van der Waals surface area contributed by atoms with Gasteiger partial charge in [-0.1, -0.05) is 18.2 Å². The lowest BCUT2D eigenvalue weighted by Gasteiger charge is -2.21. The van der Waals surface area contributed by atoms with Gasteiger partial charge in [0.05, 0.1) is 11.9 Å². The number of benzene rings is 1. The first-order valence-corrected chi connectivity index (χ1v) is 8.68. The highest BCUT2D eigenvalue weighted by Crippen LogP contribution is 2.31. The maximum Gasteiger partial charge on any atom is 0.331 e. The Balaban J connectivity index is 1.70. The molecule has 0 unspecified atom stereocenters. The molecule has 4 aromatic rings. The van der Waals surface area contributed by atoms with E-state index >= 15 is 0 Å². The van der Waals surface area contributed by atoms with Crippen molar-refractivity contribution in [1.82, 2.24) is 19.5 Å². The predicted molar refractivity (Wildman–Crippen MR) is 105 cm³/mol. The molecule has 0 bridgehead atoms. The zero-order chi connectivity index (χ0) is 19.5. The van der Waals surface area contributed by atoms with Gasteiger partial charge in [-0.3, -0.25) is 9.47 Å². The number of pyridine rings is 1. The summed E-state index contributed by atoms with van der Waals surface area (Å²) in [5.41, 5.74) is 2.54. The minimum atomic E-state index is -0.256. The maximum atomic E-state index is 11.8. The topological polar surface area (TPSA) is 89.2 Å². The van der Waals surface area contributed by atoms with Gasteiger partial charge in [-0.25, -0.2) is 14.8 Å². The van der Waals surface area contributed by atoms with Gasteiger partial charge in [0.2, 0.25) is 0 Å². The Morgan fingerprint density at radius 2 is 2.11 bits per heavy atom. The van der Waals surface area contributed by atoms with Gasteiger partial charge in [0, 0.05) is 31.3 Å². The van der Waals surface area contributed by atoms with Crippen LogP contribution in [0.2, 0.25) is 0 Å². The molecule has 0 radical (unpaired) electrons. The molecule has 0 amide bonds. The van der Waals surface area contributed by atoms with E-state index in [1.165, 1.54) is 4.57 Å². The molecule has 8 heteroatoms. The second kappa shape index (κ2) is 7.53. The summed E-state index contributed by atoms with van der Waals surface area (Å²) in [7, 11) is 1.62. The summed E-state index contributed by atoms with van der Waals surface area (Å²) in [5, 5.41) is 0. The van der Waals surface area contributed by atoms with Crippen LogP contribution in [0.15, 0.2) is 70.4 Å². The molecule has 0 fully saturated rings. The standard InChI is InChI=1S/C20H19N5O3/c1-14-5-3-4-6-16(14)25(13-27-2)20-23-12-17(28-20)15-7-8-21-18(11-15)24-10-9-22-19(24)26/h3-12H,13H2,1-2H3,(H,22,26). The molecule has 28 heavy (non-hydrogen) atoms. The van der Waals surface area contributed by atoms with Crippen molar-refractivity contribution in [2.75, 3.05) is 18.7 Å². The van der Waals surface area contributed by atoms with Gasteiger partial charge < -0.3 is 14.1 Å². The molecular weight excluding hydrogens is 358 g/mol. The van der Waals surface area contributed by atoms with Crippen LogP contribution in [0.3, 0.4) is 0 Å². The second-order valence-electron chi connectivity index (χ2n) is 6.18. The number of hydrogen-bond donors (Lipinski definition) is 1. The fourth-order valence-electron chi connectivity index (χ4n) is 2.95. The molecule has 0 spiro atoms. The number of rotatable bonds is 6. The molecule has 0 aliphatic rings. The van der Waals surface area contributed by atoms with Gasteiger partial charge in [0.15, 0.2) is 5.76 Å². The Morgan fingerprint density at radius 1 is 1.25 bits per heavy atom. The fourth-order valence-corrected chi connectivity index (χ4v) is 2.95. The first kappa shape index (κ1) is 17.7. The number of H-pyrrole nitrogens is 1. The minimum absolute atomic E-state index is 0.256.